The van der Waals surface area contributed by atoms with E-state index in [1.165, 1.54) is 6.07 Å². The van der Waals surface area contributed by atoms with Crippen LogP contribution in [0.15, 0.2) is 15.3 Å². The summed E-state index contributed by atoms with van der Waals surface area (Å²) >= 11 is 0. The molecule has 0 saturated carbocycles. The summed E-state index contributed by atoms with van der Waals surface area (Å²) in [5, 5.41) is 16.5. The lowest BCUT2D eigenvalue weighted by atomic mass is 10.2. The Morgan fingerprint density at radius 1 is 1.35 bits per heavy atom. The number of rotatable bonds is 2. The molecular weight excluding hydrogens is 317 g/mol. The highest BCUT2D eigenvalue weighted by molar-refractivity contribution is 5.24. The lowest BCUT2D eigenvalue weighted by Gasteiger charge is -2.27. The Hall–Kier alpha value is -2.36. The molecule has 3 rings (SSSR count). The topological polar surface area (TPSA) is 84.4 Å². The Morgan fingerprint density at radius 2 is 2.09 bits per heavy atom. The molecule has 1 aliphatic rings. The van der Waals surface area contributed by atoms with Gasteiger partial charge in [-0.3, -0.25) is 9.69 Å². The van der Waals surface area contributed by atoms with Gasteiger partial charge >= 0.3 is 6.18 Å². The van der Waals surface area contributed by atoms with Gasteiger partial charge in [-0.2, -0.15) is 13.2 Å². The van der Waals surface area contributed by atoms with Crippen LogP contribution < -0.4 is 5.43 Å². The average molecular weight is 330 g/mol. The van der Waals surface area contributed by atoms with Gasteiger partial charge in [-0.05, 0) is 6.92 Å². The molecule has 0 fully saturated rings. The first-order valence-electron chi connectivity index (χ1n) is 6.80. The molecule has 0 spiro atoms. The molecule has 2 aromatic rings. The van der Waals surface area contributed by atoms with Crippen LogP contribution in [0.3, 0.4) is 0 Å². The molecular formula is C13H13F3N4O3. The second-order valence-corrected chi connectivity index (χ2v) is 5.29. The summed E-state index contributed by atoms with van der Waals surface area (Å²) in [5.41, 5.74) is -0.553. The van der Waals surface area contributed by atoms with Gasteiger partial charge in [-0.25, -0.2) is 0 Å². The third kappa shape index (κ3) is 2.93. The van der Waals surface area contributed by atoms with E-state index in [4.69, 9.17) is 4.42 Å². The van der Waals surface area contributed by atoms with Gasteiger partial charge in [0.2, 0.25) is 17.0 Å². The maximum Gasteiger partial charge on any atom is 0.451 e. The number of alkyl halides is 3. The molecule has 1 aliphatic heterocycles. The van der Waals surface area contributed by atoms with Crippen molar-refractivity contribution in [3.8, 4) is 5.75 Å². The number of hydrogen-bond donors (Lipinski definition) is 1. The predicted octanol–water partition coefficient (Wildman–Crippen LogP) is 1.28. The van der Waals surface area contributed by atoms with E-state index in [2.05, 4.69) is 10.2 Å². The zero-order valence-electron chi connectivity index (χ0n) is 12.1. The highest BCUT2D eigenvalue weighted by Crippen LogP contribution is 2.29. The van der Waals surface area contributed by atoms with Gasteiger partial charge < -0.3 is 14.1 Å². The Morgan fingerprint density at radius 3 is 2.78 bits per heavy atom. The van der Waals surface area contributed by atoms with E-state index in [-0.39, 0.29) is 37.8 Å². The Bertz CT molecular complexity index is 797. The number of aryl methyl sites for hydroxylation is 1. The van der Waals surface area contributed by atoms with Crippen molar-refractivity contribution >= 4 is 0 Å². The maximum absolute atomic E-state index is 12.8. The van der Waals surface area contributed by atoms with Gasteiger partial charge in [0, 0.05) is 19.2 Å². The molecule has 2 aromatic heterocycles. The Kier molecular flexibility index (Phi) is 3.63. The minimum atomic E-state index is -4.55. The first-order valence-corrected chi connectivity index (χ1v) is 6.80. The monoisotopic (exact) mass is 330 g/mol. The molecule has 0 saturated heterocycles. The highest BCUT2D eigenvalue weighted by Gasteiger charge is 2.39. The molecule has 7 nitrogen and oxygen atoms in total. The second kappa shape index (κ2) is 5.37. The molecule has 0 radical (unpaired) electrons. The van der Waals surface area contributed by atoms with E-state index in [9.17, 15) is 23.1 Å². The molecule has 0 unspecified atom stereocenters. The van der Waals surface area contributed by atoms with E-state index >= 15 is 0 Å². The number of aromatic hydroxyl groups is 1. The zero-order chi connectivity index (χ0) is 16.8. The van der Waals surface area contributed by atoms with Gasteiger partial charge in [0.25, 0.3) is 0 Å². The zero-order valence-corrected chi connectivity index (χ0v) is 12.1. The number of aromatic nitrogens is 3. The normalized spacial score (nSPS) is 15.7. The summed E-state index contributed by atoms with van der Waals surface area (Å²) in [5.74, 6) is -0.893. The molecule has 0 atom stereocenters. The number of hydrogen-bond acceptors (Lipinski definition) is 6. The van der Waals surface area contributed by atoms with Crippen LogP contribution in [0.5, 0.6) is 5.75 Å². The smallest absolute Gasteiger partial charge is 0.451 e. The van der Waals surface area contributed by atoms with Crippen molar-refractivity contribution in [1.29, 1.82) is 0 Å². The molecule has 23 heavy (non-hydrogen) atoms. The first-order chi connectivity index (χ1) is 10.8. The number of halogens is 3. The van der Waals surface area contributed by atoms with Crippen molar-refractivity contribution in [3.63, 3.8) is 0 Å². The highest BCUT2D eigenvalue weighted by atomic mass is 19.4. The Balaban J connectivity index is 1.81. The molecule has 1 N–H and O–H groups in total. The predicted molar refractivity (Wildman–Crippen MR) is 70.5 cm³/mol. The largest absolute Gasteiger partial charge is 0.502 e. The molecule has 10 heteroatoms. The van der Waals surface area contributed by atoms with E-state index in [0.717, 1.165) is 4.57 Å². The van der Waals surface area contributed by atoms with Crippen molar-refractivity contribution in [2.45, 2.75) is 32.7 Å². The molecule has 124 valence electrons. The van der Waals surface area contributed by atoms with Gasteiger partial charge in [-0.15, -0.1) is 10.2 Å². The first kappa shape index (κ1) is 15.5. The van der Waals surface area contributed by atoms with Crippen molar-refractivity contribution < 1.29 is 22.7 Å². The van der Waals surface area contributed by atoms with E-state index in [1.54, 1.807) is 11.8 Å². The van der Waals surface area contributed by atoms with Crippen LogP contribution in [0, 0.1) is 6.92 Å². The fourth-order valence-corrected chi connectivity index (χ4v) is 2.53. The molecule has 3 heterocycles. The number of nitrogens with zero attached hydrogens (tertiary/aromatic N) is 4. The Labute approximate surface area is 128 Å². The van der Waals surface area contributed by atoms with Crippen molar-refractivity contribution in [2.24, 2.45) is 0 Å². The summed E-state index contributed by atoms with van der Waals surface area (Å²) in [6.07, 6.45) is -4.55. The molecule has 0 aliphatic carbocycles. The van der Waals surface area contributed by atoms with E-state index in [0.29, 0.717) is 5.76 Å². The van der Waals surface area contributed by atoms with Gasteiger partial charge in [0.1, 0.15) is 11.6 Å². The maximum atomic E-state index is 12.8. The van der Waals surface area contributed by atoms with Crippen LogP contribution in [-0.2, 0) is 25.8 Å². The summed E-state index contributed by atoms with van der Waals surface area (Å²) < 4.78 is 44.7. The number of fused-ring (bicyclic) bond motifs is 1. The fourth-order valence-electron chi connectivity index (χ4n) is 2.53. The minimum Gasteiger partial charge on any atom is -0.502 e. The summed E-state index contributed by atoms with van der Waals surface area (Å²) in [6.45, 7) is 2.13. The summed E-state index contributed by atoms with van der Waals surface area (Å²) in [6, 6.07) is 1.17. The third-order valence-electron chi connectivity index (χ3n) is 3.57. The standard InChI is InChI=1S/C13H13F3N4O3/c1-7-4-8(21)11(22)9(23-7)5-19-2-3-20-10(6-19)17-18-12(20)13(14,15)16/h4,22H,2-3,5-6H2,1H3. The van der Waals surface area contributed by atoms with Crippen LogP contribution in [0.1, 0.15) is 23.2 Å². The van der Waals surface area contributed by atoms with Crippen molar-refractivity contribution in [1.82, 2.24) is 19.7 Å². The average Bonchev–Trinajstić information content (AvgIpc) is 2.87. The van der Waals surface area contributed by atoms with Crippen molar-refractivity contribution in [2.75, 3.05) is 6.54 Å². The van der Waals surface area contributed by atoms with Crippen LogP contribution in [-0.4, -0.2) is 31.3 Å². The van der Waals surface area contributed by atoms with E-state index in [1.807, 2.05) is 0 Å². The molecule has 0 amide bonds. The fraction of sp³-hybridized carbons (Fsp3) is 0.462. The molecule has 0 bridgehead atoms. The van der Waals surface area contributed by atoms with Crippen LogP contribution >= 0.6 is 0 Å². The minimum absolute atomic E-state index is 0.0635. The van der Waals surface area contributed by atoms with Crippen molar-refractivity contribution in [3.05, 3.63) is 39.5 Å². The SMILES string of the molecule is Cc1cc(=O)c(O)c(CN2CCn3c(nnc3C(F)(F)F)C2)o1. The van der Waals surface area contributed by atoms with Crippen LogP contribution in [0.4, 0.5) is 13.2 Å². The quantitative estimate of drug-likeness (QED) is 0.893. The second-order valence-electron chi connectivity index (χ2n) is 5.29. The summed E-state index contributed by atoms with van der Waals surface area (Å²) in [7, 11) is 0. The summed E-state index contributed by atoms with van der Waals surface area (Å²) in [4.78, 5) is 13.3. The van der Waals surface area contributed by atoms with Gasteiger partial charge in [-0.1, -0.05) is 0 Å². The van der Waals surface area contributed by atoms with Crippen LogP contribution in [0.25, 0.3) is 0 Å². The molecule has 0 aromatic carbocycles. The van der Waals surface area contributed by atoms with Crippen LogP contribution in [0.2, 0.25) is 0 Å². The van der Waals surface area contributed by atoms with Gasteiger partial charge in [0.15, 0.2) is 5.76 Å². The van der Waals surface area contributed by atoms with Gasteiger partial charge in [0.05, 0.1) is 13.1 Å². The van der Waals surface area contributed by atoms with E-state index < -0.39 is 23.2 Å². The lowest BCUT2D eigenvalue weighted by molar-refractivity contribution is -0.148. The third-order valence-corrected chi connectivity index (χ3v) is 3.57. The lowest BCUT2D eigenvalue weighted by Crippen LogP contribution is -2.35.